The van der Waals surface area contributed by atoms with Gasteiger partial charge < -0.3 is 15.4 Å². The molecule has 0 fully saturated rings. The summed E-state index contributed by atoms with van der Waals surface area (Å²) in [6.07, 6.45) is 0. The van der Waals surface area contributed by atoms with Crippen LogP contribution in [-0.2, 0) is 17.9 Å². The summed E-state index contributed by atoms with van der Waals surface area (Å²) in [5.41, 5.74) is 5.25. The van der Waals surface area contributed by atoms with Gasteiger partial charge in [0.2, 0.25) is 5.91 Å². The van der Waals surface area contributed by atoms with Crippen LogP contribution in [0.3, 0.4) is 0 Å². The number of aryl methyl sites for hydroxylation is 1. The van der Waals surface area contributed by atoms with Crippen molar-refractivity contribution in [3.05, 3.63) is 89.5 Å². The predicted octanol–water partition coefficient (Wildman–Crippen LogP) is 5.14. The van der Waals surface area contributed by atoms with E-state index in [4.69, 9.17) is 4.74 Å². The molecular weight excluding hydrogens is 336 g/mol. The molecule has 0 saturated carbocycles. The molecule has 0 atom stereocenters. The number of amides is 1. The second kappa shape index (κ2) is 8.90. The summed E-state index contributed by atoms with van der Waals surface area (Å²) in [5, 5.41) is 6.16. The van der Waals surface area contributed by atoms with E-state index in [0.29, 0.717) is 13.2 Å². The van der Waals surface area contributed by atoms with Crippen molar-refractivity contribution in [2.24, 2.45) is 0 Å². The van der Waals surface area contributed by atoms with Gasteiger partial charge in [-0.1, -0.05) is 48.0 Å². The molecule has 0 aliphatic carbocycles. The van der Waals surface area contributed by atoms with Crippen molar-refractivity contribution in [3.8, 4) is 5.75 Å². The Morgan fingerprint density at radius 3 is 2.41 bits per heavy atom. The molecule has 0 aliphatic heterocycles. The van der Waals surface area contributed by atoms with E-state index in [1.54, 1.807) is 0 Å². The number of benzene rings is 3. The first kappa shape index (κ1) is 18.5. The minimum Gasteiger partial charge on any atom is -0.489 e. The zero-order valence-electron chi connectivity index (χ0n) is 15.7. The predicted molar refractivity (Wildman–Crippen MR) is 110 cm³/mol. The number of para-hydroxylation sites is 1. The van der Waals surface area contributed by atoms with Gasteiger partial charge in [-0.3, -0.25) is 4.79 Å². The van der Waals surface area contributed by atoms with Gasteiger partial charge in [0.05, 0.1) is 0 Å². The quantitative estimate of drug-likeness (QED) is 0.613. The third-order valence-corrected chi connectivity index (χ3v) is 4.14. The molecule has 0 heterocycles. The van der Waals surface area contributed by atoms with Crippen LogP contribution in [0.2, 0.25) is 0 Å². The minimum atomic E-state index is -0.0737. The molecule has 3 aromatic rings. The summed E-state index contributed by atoms with van der Waals surface area (Å²) >= 11 is 0. The largest absolute Gasteiger partial charge is 0.489 e. The smallest absolute Gasteiger partial charge is 0.221 e. The fourth-order valence-corrected chi connectivity index (χ4v) is 2.83. The Morgan fingerprint density at radius 2 is 1.67 bits per heavy atom. The molecule has 0 unspecified atom stereocenters. The molecule has 2 N–H and O–H groups in total. The van der Waals surface area contributed by atoms with Crippen LogP contribution in [-0.4, -0.2) is 5.91 Å². The van der Waals surface area contributed by atoms with E-state index < -0.39 is 0 Å². The Balaban J connectivity index is 1.61. The first-order valence-electron chi connectivity index (χ1n) is 8.98. The highest BCUT2D eigenvalue weighted by atomic mass is 16.5. The number of carbonyl (C=O) groups excluding carboxylic acids is 1. The van der Waals surface area contributed by atoms with Gasteiger partial charge in [-0.2, -0.15) is 0 Å². The number of hydrogen-bond donors (Lipinski definition) is 2. The topological polar surface area (TPSA) is 50.4 Å². The van der Waals surface area contributed by atoms with Crippen molar-refractivity contribution >= 4 is 17.3 Å². The number of anilines is 2. The van der Waals surface area contributed by atoms with Crippen LogP contribution in [0.5, 0.6) is 5.75 Å². The summed E-state index contributed by atoms with van der Waals surface area (Å²) in [5.74, 6) is 0.803. The number of rotatable bonds is 7. The second-order valence-electron chi connectivity index (χ2n) is 6.50. The van der Waals surface area contributed by atoms with E-state index in [9.17, 15) is 4.79 Å². The van der Waals surface area contributed by atoms with E-state index in [-0.39, 0.29) is 5.91 Å². The molecule has 0 aromatic heterocycles. The Bertz CT molecular complexity index is 904. The highest BCUT2D eigenvalue weighted by Crippen LogP contribution is 2.22. The zero-order chi connectivity index (χ0) is 19.1. The van der Waals surface area contributed by atoms with Crippen molar-refractivity contribution < 1.29 is 9.53 Å². The molecule has 0 spiro atoms. The van der Waals surface area contributed by atoms with Crippen LogP contribution in [0.25, 0.3) is 0 Å². The van der Waals surface area contributed by atoms with Crippen molar-refractivity contribution in [1.29, 1.82) is 0 Å². The standard InChI is InChI=1S/C23H24N2O2/c1-17-6-5-7-19(14-17)16-27-23-9-4-3-8-20(23)15-24-21-10-12-22(13-11-21)25-18(2)26/h3-14,24H,15-16H2,1-2H3,(H,25,26). The van der Waals surface area contributed by atoms with Gasteiger partial charge in [0.1, 0.15) is 12.4 Å². The lowest BCUT2D eigenvalue weighted by molar-refractivity contribution is -0.114. The Hall–Kier alpha value is -3.27. The molecule has 3 aromatic carbocycles. The number of nitrogens with one attached hydrogen (secondary N) is 2. The SMILES string of the molecule is CC(=O)Nc1ccc(NCc2ccccc2OCc2cccc(C)c2)cc1. The number of ether oxygens (including phenoxy) is 1. The van der Waals surface area contributed by atoms with Gasteiger partial charge in [-0.25, -0.2) is 0 Å². The molecule has 138 valence electrons. The summed E-state index contributed by atoms with van der Waals surface area (Å²) in [6, 6.07) is 24.0. The summed E-state index contributed by atoms with van der Waals surface area (Å²) in [4.78, 5) is 11.1. The van der Waals surface area contributed by atoms with Crippen LogP contribution < -0.4 is 15.4 Å². The van der Waals surface area contributed by atoms with Gasteiger partial charge in [0.25, 0.3) is 0 Å². The van der Waals surface area contributed by atoms with Gasteiger partial charge in [-0.15, -0.1) is 0 Å². The molecule has 27 heavy (non-hydrogen) atoms. The number of hydrogen-bond acceptors (Lipinski definition) is 3. The highest BCUT2D eigenvalue weighted by molar-refractivity contribution is 5.88. The van der Waals surface area contributed by atoms with E-state index in [1.165, 1.54) is 12.5 Å². The molecular formula is C23H24N2O2. The van der Waals surface area contributed by atoms with Crippen LogP contribution in [0.1, 0.15) is 23.6 Å². The maximum Gasteiger partial charge on any atom is 0.221 e. The Morgan fingerprint density at radius 1 is 0.926 bits per heavy atom. The van der Waals surface area contributed by atoms with E-state index >= 15 is 0 Å². The zero-order valence-corrected chi connectivity index (χ0v) is 15.7. The summed E-state index contributed by atoms with van der Waals surface area (Å²) in [6.45, 7) is 4.78. The van der Waals surface area contributed by atoms with E-state index in [1.807, 2.05) is 48.5 Å². The maximum atomic E-state index is 11.1. The first-order chi connectivity index (χ1) is 13.1. The van der Waals surface area contributed by atoms with E-state index in [2.05, 4.69) is 41.8 Å². The van der Waals surface area contributed by atoms with Crippen LogP contribution in [0, 0.1) is 6.92 Å². The average Bonchev–Trinajstić information content (AvgIpc) is 2.66. The van der Waals surface area contributed by atoms with Crippen molar-refractivity contribution in [2.45, 2.75) is 27.0 Å². The monoisotopic (exact) mass is 360 g/mol. The van der Waals surface area contributed by atoms with Gasteiger partial charge in [0, 0.05) is 30.4 Å². The fraction of sp³-hybridized carbons (Fsp3) is 0.174. The number of carbonyl (C=O) groups is 1. The Labute approximate surface area is 160 Å². The molecule has 0 radical (unpaired) electrons. The molecule has 3 rings (SSSR count). The van der Waals surface area contributed by atoms with Crippen LogP contribution >= 0.6 is 0 Å². The maximum absolute atomic E-state index is 11.1. The minimum absolute atomic E-state index is 0.0737. The van der Waals surface area contributed by atoms with Crippen molar-refractivity contribution in [1.82, 2.24) is 0 Å². The third kappa shape index (κ3) is 5.61. The van der Waals surface area contributed by atoms with Crippen molar-refractivity contribution in [3.63, 3.8) is 0 Å². The molecule has 1 amide bonds. The molecule has 4 heteroatoms. The Kier molecular flexibility index (Phi) is 6.10. The van der Waals surface area contributed by atoms with Crippen LogP contribution in [0.4, 0.5) is 11.4 Å². The summed E-state index contributed by atoms with van der Waals surface area (Å²) in [7, 11) is 0. The van der Waals surface area contributed by atoms with E-state index in [0.717, 1.165) is 28.3 Å². The van der Waals surface area contributed by atoms with Gasteiger partial charge in [0.15, 0.2) is 0 Å². The lowest BCUT2D eigenvalue weighted by Crippen LogP contribution is -2.06. The summed E-state index contributed by atoms with van der Waals surface area (Å²) < 4.78 is 6.04. The lowest BCUT2D eigenvalue weighted by atomic mass is 10.1. The normalized spacial score (nSPS) is 10.3. The highest BCUT2D eigenvalue weighted by Gasteiger charge is 2.04. The molecule has 0 bridgehead atoms. The van der Waals surface area contributed by atoms with Gasteiger partial charge in [-0.05, 0) is 42.8 Å². The lowest BCUT2D eigenvalue weighted by Gasteiger charge is -2.13. The molecule has 0 aliphatic rings. The first-order valence-corrected chi connectivity index (χ1v) is 8.98. The average molecular weight is 360 g/mol. The third-order valence-electron chi connectivity index (χ3n) is 4.14. The van der Waals surface area contributed by atoms with Crippen molar-refractivity contribution in [2.75, 3.05) is 10.6 Å². The van der Waals surface area contributed by atoms with Crippen LogP contribution in [0.15, 0.2) is 72.8 Å². The molecule has 0 saturated heterocycles. The fourth-order valence-electron chi connectivity index (χ4n) is 2.83. The molecule has 4 nitrogen and oxygen atoms in total. The van der Waals surface area contributed by atoms with Gasteiger partial charge >= 0.3 is 0 Å². The second-order valence-corrected chi connectivity index (χ2v) is 6.50.